The van der Waals surface area contributed by atoms with Gasteiger partial charge in [-0.3, -0.25) is 0 Å². The number of hydrogen-bond acceptors (Lipinski definition) is 5. The predicted molar refractivity (Wildman–Crippen MR) is 102 cm³/mol. The molecule has 2 heterocycles. The van der Waals surface area contributed by atoms with Gasteiger partial charge < -0.3 is 23.9 Å². The second kappa shape index (κ2) is 7.98. The van der Waals surface area contributed by atoms with Crippen LogP contribution in [0.25, 0.3) is 11.0 Å². The van der Waals surface area contributed by atoms with Crippen molar-refractivity contribution >= 4 is 11.0 Å². The number of rotatable bonds is 7. The molecule has 0 radical (unpaired) electrons. The second-order valence-corrected chi connectivity index (χ2v) is 6.69. The van der Waals surface area contributed by atoms with E-state index in [0.717, 1.165) is 36.3 Å². The highest BCUT2D eigenvalue weighted by Gasteiger charge is 2.25. The Bertz CT molecular complexity index is 902. The molecule has 2 unspecified atom stereocenters. The quantitative estimate of drug-likeness (QED) is 0.693. The number of nitrogens with zero attached hydrogens (tertiary/aromatic N) is 2. The minimum Gasteiger partial charge on any atom is -0.493 e. The lowest BCUT2D eigenvalue weighted by Crippen LogP contribution is -2.25. The molecule has 2 atom stereocenters. The number of hydrogen-bond donors (Lipinski definition) is 1. The number of fused-ring (bicyclic) bond motifs is 1. The maximum Gasteiger partial charge on any atom is 0.161 e. The van der Waals surface area contributed by atoms with Crippen LogP contribution in [0.15, 0.2) is 48.5 Å². The summed E-state index contributed by atoms with van der Waals surface area (Å²) in [6, 6.07) is 15.4. The van der Waals surface area contributed by atoms with Crippen LogP contribution in [0, 0.1) is 0 Å². The molecule has 1 N–H and O–H groups in total. The monoisotopic (exact) mass is 368 g/mol. The smallest absolute Gasteiger partial charge is 0.161 e. The van der Waals surface area contributed by atoms with Gasteiger partial charge >= 0.3 is 0 Å². The lowest BCUT2D eigenvalue weighted by atomic mass is 10.2. The van der Waals surface area contributed by atoms with Crippen molar-refractivity contribution < 1.29 is 19.3 Å². The van der Waals surface area contributed by atoms with Gasteiger partial charge in [-0.25, -0.2) is 4.98 Å². The van der Waals surface area contributed by atoms with Gasteiger partial charge in [-0.05, 0) is 37.1 Å². The lowest BCUT2D eigenvalue weighted by molar-refractivity contribution is 0.0797. The van der Waals surface area contributed by atoms with E-state index in [9.17, 15) is 5.11 Å². The minimum absolute atomic E-state index is 0.0141. The number of aliphatic hydroxyl groups excluding tert-OH is 1. The van der Waals surface area contributed by atoms with Crippen LogP contribution < -0.4 is 9.47 Å². The first-order chi connectivity index (χ1) is 13.3. The van der Waals surface area contributed by atoms with E-state index in [-0.39, 0.29) is 12.7 Å². The molecule has 3 aromatic rings. The molecule has 142 valence electrons. The molecule has 0 saturated carbocycles. The molecular formula is C21H24N2O4. The van der Waals surface area contributed by atoms with Gasteiger partial charge in [-0.1, -0.05) is 24.3 Å². The highest BCUT2D eigenvalue weighted by Crippen LogP contribution is 2.31. The standard InChI is InChI=1S/C21H24N2O4/c1-25-18-9-4-5-10-19(18)27-14-15(24)13-23-17-8-3-2-7-16(17)22-21(23)20-11-6-12-26-20/h2-5,7-10,15,20,24H,6,11-14H2,1H3. The normalized spacial score (nSPS) is 17.9. The van der Waals surface area contributed by atoms with E-state index in [1.54, 1.807) is 7.11 Å². The molecule has 4 rings (SSSR count). The summed E-state index contributed by atoms with van der Waals surface area (Å²) in [7, 11) is 1.60. The highest BCUT2D eigenvalue weighted by atomic mass is 16.5. The van der Waals surface area contributed by atoms with Crippen molar-refractivity contribution in [2.24, 2.45) is 0 Å². The number of imidazole rings is 1. The largest absolute Gasteiger partial charge is 0.493 e. The van der Waals surface area contributed by atoms with E-state index in [1.807, 2.05) is 48.5 Å². The average Bonchev–Trinajstić information content (AvgIpc) is 3.35. The van der Waals surface area contributed by atoms with E-state index in [2.05, 4.69) is 4.57 Å². The van der Waals surface area contributed by atoms with Crippen molar-refractivity contribution in [3.63, 3.8) is 0 Å². The summed E-state index contributed by atoms with van der Waals surface area (Å²) in [4.78, 5) is 4.76. The second-order valence-electron chi connectivity index (χ2n) is 6.69. The topological polar surface area (TPSA) is 65.7 Å². The Morgan fingerprint density at radius 2 is 1.96 bits per heavy atom. The maximum absolute atomic E-state index is 10.6. The van der Waals surface area contributed by atoms with Crippen LogP contribution in [0.2, 0.25) is 0 Å². The molecule has 2 aromatic carbocycles. The zero-order valence-corrected chi connectivity index (χ0v) is 15.4. The van der Waals surface area contributed by atoms with Crippen LogP contribution in [0.5, 0.6) is 11.5 Å². The molecule has 6 nitrogen and oxygen atoms in total. The third kappa shape index (κ3) is 3.77. The van der Waals surface area contributed by atoms with Gasteiger partial charge in [-0.2, -0.15) is 0 Å². The van der Waals surface area contributed by atoms with Crippen molar-refractivity contribution in [1.29, 1.82) is 0 Å². The van der Waals surface area contributed by atoms with E-state index < -0.39 is 6.10 Å². The van der Waals surface area contributed by atoms with Gasteiger partial charge in [0.05, 0.1) is 24.7 Å². The van der Waals surface area contributed by atoms with Gasteiger partial charge in [0.2, 0.25) is 0 Å². The molecule has 0 aliphatic carbocycles. The van der Waals surface area contributed by atoms with Crippen LogP contribution in [0.4, 0.5) is 0 Å². The molecule has 1 aliphatic rings. The first kappa shape index (κ1) is 17.8. The van der Waals surface area contributed by atoms with E-state index in [4.69, 9.17) is 19.2 Å². The fourth-order valence-electron chi connectivity index (χ4n) is 3.50. The SMILES string of the molecule is COc1ccccc1OCC(O)Cn1c(C2CCCO2)nc2ccccc21. The highest BCUT2D eigenvalue weighted by molar-refractivity contribution is 5.76. The van der Waals surface area contributed by atoms with Gasteiger partial charge in [0, 0.05) is 6.61 Å². The molecule has 27 heavy (non-hydrogen) atoms. The molecular weight excluding hydrogens is 344 g/mol. The number of benzene rings is 2. The number of ether oxygens (including phenoxy) is 3. The van der Waals surface area contributed by atoms with Gasteiger partial charge in [0.1, 0.15) is 24.6 Å². The Morgan fingerprint density at radius 3 is 2.74 bits per heavy atom. The molecule has 0 spiro atoms. The van der Waals surface area contributed by atoms with Crippen molar-refractivity contribution in [3.05, 3.63) is 54.4 Å². The summed E-state index contributed by atoms with van der Waals surface area (Å²) < 4.78 is 19.0. The zero-order valence-electron chi connectivity index (χ0n) is 15.4. The summed E-state index contributed by atoms with van der Waals surface area (Å²) in [6.45, 7) is 1.32. The number of aliphatic hydroxyl groups is 1. The predicted octanol–water partition coefficient (Wildman–Crippen LogP) is 3.34. The van der Waals surface area contributed by atoms with Crippen molar-refractivity contribution in [3.8, 4) is 11.5 Å². The maximum atomic E-state index is 10.6. The summed E-state index contributed by atoms with van der Waals surface area (Å²) >= 11 is 0. The third-order valence-corrected chi connectivity index (χ3v) is 4.80. The Labute approximate surface area is 158 Å². The van der Waals surface area contributed by atoms with Crippen LogP contribution in [-0.4, -0.2) is 41.1 Å². The van der Waals surface area contributed by atoms with Crippen LogP contribution >= 0.6 is 0 Å². The minimum atomic E-state index is -0.687. The first-order valence-electron chi connectivity index (χ1n) is 9.27. The molecule has 1 saturated heterocycles. The molecule has 1 aliphatic heterocycles. The number of para-hydroxylation sites is 4. The van der Waals surface area contributed by atoms with Crippen LogP contribution in [-0.2, 0) is 11.3 Å². The van der Waals surface area contributed by atoms with Crippen molar-refractivity contribution in [2.45, 2.75) is 31.6 Å². The van der Waals surface area contributed by atoms with Gasteiger partial charge in [-0.15, -0.1) is 0 Å². The fraction of sp³-hybridized carbons (Fsp3) is 0.381. The molecule has 1 aromatic heterocycles. The number of aromatic nitrogens is 2. The summed E-state index contributed by atoms with van der Waals surface area (Å²) in [5, 5.41) is 10.6. The Hall–Kier alpha value is -2.57. The molecule has 0 bridgehead atoms. The Balaban J connectivity index is 1.52. The summed E-state index contributed by atoms with van der Waals surface area (Å²) in [5.41, 5.74) is 1.92. The third-order valence-electron chi connectivity index (χ3n) is 4.80. The first-order valence-corrected chi connectivity index (χ1v) is 9.27. The van der Waals surface area contributed by atoms with Crippen molar-refractivity contribution in [1.82, 2.24) is 9.55 Å². The summed E-state index contributed by atoms with van der Waals surface area (Å²) in [6.07, 6.45) is 1.29. The van der Waals surface area contributed by atoms with E-state index in [0.29, 0.717) is 18.0 Å². The Kier molecular flexibility index (Phi) is 5.27. The lowest BCUT2D eigenvalue weighted by Gasteiger charge is -2.18. The van der Waals surface area contributed by atoms with Crippen LogP contribution in [0.1, 0.15) is 24.8 Å². The van der Waals surface area contributed by atoms with E-state index >= 15 is 0 Å². The van der Waals surface area contributed by atoms with Crippen molar-refractivity contribution in [2.75, 3.05) is 20.3 Å². The molecule has 6 heteroatoms. The average molecular weight is 368 g/mol. The fourth-order valence-corrected chi connectivity index (χ4v) is 3.50. The zero-order chi connectivity index (χ0) is 18.6. The summed E-state index contributed by atoms with van der Waals surface area (Å²) in [5.74, 6) is 2.15. The number of methoxy groups -OCH3 is 1. The van der Waals surface area contributed by atoms with Gasteiger partial charge in [0.25, 0.3) is 0 Å². The van der Waals surface area contributed by atoms with Crippen LogP contribution in [0.3, 0.4) is 0 Å². The Morgan fingerprint density at radius 1 is 1.19 bits per heavy atom. The van der Waals surface area contributed by atoms with E-state index in [1.165, 1.54) is 0 Å². The van der Waals surface area contributed by atoms with Gasteiger partial charge in [0.15, 0.2) is 11.5 Å². The molecule has 1 fully saturated rings. The molecule has 0 amide bonds.